The van der Waals surface area contributed by atoms with E-state index in [1.807, 2.05) is 0 Å². The molecule has 0 bridgehead atoms. The SMILES string of the molecule is O=C(Nc1ccc(F)c(F)c1)C1(S(=O)(=O)c2ccccc2)CCCC1. The van der Waals surface area contributed by atoms with Crippen LogP contribution in [0.5, 0.6) is 0 Å². The molecule has 3 rings (SSSR count). The van der Waals surface area contributed by atoms with Crippen LogP contribution in [0.1, 0.15) is 25.7 Å². The molecule has 0 unspecified atom stereocenters. The fraction of sp³-hybridized carbons (Fsp3) is 0.278. The Balaban J connectivity index is 1.97. The minimum atomic E-state index is -3.92. The lowest BCUT2D eigenvalue weighted by molar-refractivity contribution is -0.118. The third-order valence-electron chi connectivity index (χ3n) is 4.57. The van der Waals surface area contributed by atoms with Gasteiger partial charge in [0.1, 0.15) is 0 Å². The molecule has 2 aromatic rings. The summed E-state index contributed by atoms with van der Waals surface area (Å²) in [6.07, 6.45) is 1.61. The van der Waals surface area contributed by atoms with Crippen molar-refractivity contribution in [3.63, 3.8) is 0 Å². The minimum absolute atomic E-state index is 0.0263. The van der Waals surface area contributed by atoms with Gasteiger partial charge in [-0.3, -0.25) is 4.79 Å². The van der Waals surface area contributed by atoms with Crippen molar-refractivity contribution in [2.45, 2.75) is 35.3 Å². The van der Waals surface area contributed by atoms with Gasteiger partial charge in [0.2, 0.25) is 5.91 Å². The standard InChI is InChI=1S/C18H17F2NO3S/c19-15-9-8-13(12-16(15)20)21-17(22)18(10-4-5-11-18)25(23,24)14-6-2-1-3-7-14/h1-3,6-9,12H,4-5,10-11H2,(H,21,22). The Bertz CT molecular complexity index is 892. The fourth-order valence-corrected chi connectivity index (χ4v) is 5.30. The number of amides is 1. The maximum absolute atomic E-state index is 13.4. The van der Waals surface area contributed by atoms with E-state index >= 15 is 0 Å². The van der Waals surface area contributed by atoms with Crippen molar-refractivity contribution >= 4 is 21.4 Å². The number of benzene rings is 2. The van der Waals surface area contributed by atoms with Gasteiger partial charge in [-0.25, -0.2) is 17.2 Å². The highest BCUT2D eigenvalue weighted by molar-refractivity contribution is 7.93. The van der Waals surface area contributed by atoms with Crippen molar-refractivity contribution < 1.29 is 22.0 Å². The summed E-state index contributed by atoms with van der Waals surface area (Å²) >= 11 is 0. The average molecular weight is 365 g/mol. The number of sulfone groups is 1. The molecule has 1 aliphatic carbocycles. The molecule has 0 aromatic heterocycles. The van der Waals surface area contributed by atoms with Crippen LogP contribution in [0.15, 0.2) is 53.4 Å². The van der Waals surface area contributed by atoms with Crippen LogP contribution in [0, 0.1) is 11.6 Å². The second-order valence-electron chi connectivity index (χ2n) is 6.10. The van der Waals surface area contributed by atoms with Gasteiger partial charge in [0, 0.05) is 11.8 Å². The molecule has 1 fully saturated rings. The van der Waals surface area contributed by atoms with Gasteiger partial charge < -0.3 is 5.32 Å². The van der Waals surface area contributed by atoms with Crippen molar-refractivity contribution in [1.82, 2.24) is 0 Å². The van der Waals surface area contributed by atoms with E-state index in [0.29, 0.717) is 12.8 Å². The van der Waals surface area contributed by atoms with E-state index < -0.39 is 32.1 Å². The molecule has 1 saturated carbocycles. The van der Waals surface area contributed by atoms with Gasteiger partial charge in [-0.2, -0.15) is 0 Å². The summed E-state index contributed by atoms with van der Waals surface area (Å²) in [6, 6.07) is 10.7. The van der Waals surface area contributed by atoms with Crippen LogP contribution in [0.2, 0.25) is 0 Å². The van der Waals surface area contributed by atoms with Crippen molar-refractivity contribution in [2.75, 3.05) is 5.32 Å². The predicted molar refractivity (Wildman–Crippen MR) is 89.8 cm³/mol. The Morgan fingerprint density at radius 1 is 0.960 bits per heavy atom. The summed E-state index contributed by atoms with van der Waals surface area (Å²) in [6.45, 7) is 0. The number of carbonyl (C=O) groups is 1. The Kier molecular flexibility index (Phi) is 4.60. The lowest BCUT2D eigenvalue weighted by Crippen LogP contribution is -2.47. The van der Waals surface area contributed by atoms with Crippen molar-refractivity contribution in [3.05, 3.63) is 60.2 Å². The summed E-state index contributed by atoms with van der Waals surface area (Å²) in [5.41, 5.74) is 0.0263. The van der Waals surface area contributed by atoms with Gasteiger partial charge in [0.15, 0.2) is 26.2 Å². The van der Waals surface area contributed by atoms with Crippen LogP contribution in [0.25, 0.3) is 0 Å². The molecule has 0 aliphatic heterocycles. The Labute approximate surface area is 144 Å². The number of halogens is 2. The smallest absolute Gasteiger partial charge is 0.246 e. The summed E-state index contributed by atoms with van der Waals surface area (Å²) in [7, 11) is -3.92. The molecule has 7 heteroatoms. The van der Waals surface area contributed by atoms with E-state index in [2.05, 4.69) is 5.32 Å². The van der Waals surface area contributed by atoms with Crippen molar-refractivity contribution in [1.29, 1.82) is 0 Å². The molecule has 1 N–H and O–H groups in total. The average Bonchev–Trinajstić information content (AvgIpc) is 3.11. The number of anilines is 1. The monoisotopic (exact) mass is 365 g/mol. The van der Waals surface area contributed by atoms with Crippen LogP contribution >= 0.6 is 0 Å². The molecule has 0 atom stereocenters. The molecule has 0 spiro atoms. The van der Waals surface area contributed by atoms with Crippen LogP contribution < -0.4 is 5.32 Å². The number of carbonyl (C=O) groups excluding carboxylic acids is 1. The first kappa shape index (κ1) is 17.5. The molecule has 25 heavy (non-hydrogen) atoms. The largest absolute Gasteiger partial charge is 0.325 e. The Morgan fingerprint density at radius 2 is 1.60 bits per heavy atom. The lowest BCUT2D eigenvalue weighted by Gasteiger charge is -2.27. The van der Waals surface area contributed by atoms with Crippen LogP contribution in [0.4, 0.5) is 14.5 Å². The molecular weight excluding hydrogens is 348 g/mol. The van der Waals surface area contributed by atoms with Gasteiger partial charge in [-0.15, -0.1) is 0 Å². The zero-order valence-corrected chi connectivity index (χ0v) is 14.2. The highest BCUT2D eigenvalue weighted by atomic mass is 32.2. The zero-order chi connectivity index (χ0) is 18.1. The minimum Gasteiger partial charge on any atom is -0.325 e. The summed E-state index contributed by atoms with van der Waals surface area (Å²) in [4.78, 5) is 12.9. The quantitative estimate of drug-likeness (QED) is 0.899. The Hall–Kier alpha value is -2.28. The Morgan fingerprint density at radius 3 is 2.20 bits per heavy atom. The van der Waals surface area contributed by atoms with Gasteiger partial charge in [0.25, 0.3) is 0 Å². The molecule has 1 amide bonds. The first-order valence-corrected chi connectivity index (χ1v) is 9.41. The highest BCUT2D eigenvalue weighted by Gasteiger charge is 2.52. The van der Waals surface area contributed by atoms with Gasteiger partial charge in [0.05, 0.1) is 4.90 Å². The molecule has 4 nitrogen and oxygen atoms in total. The predicted octanol–water partition coefficient (Wildman–Crippen LogP) is 3.69. The van der Waals surface area contributed by atoms with E-state index in [9.17, 15) is 22.0 Å². The first-order valence-electron chi connectivity index (χ1n) is 7.93. The van der Waals surface area contributed by atoms with Crippen molar-refractivity contribution in [2.24, 2.45) is 0 Å². The maximum atomic E-state index is 13.4. The molecule has 2 aromatic carbocycles. The summed E-state index contributed by atoms with van der Waals surface area (Å²) in [5.74, 6) is -2.85. The normalized spacial score (nSPS) is 16.6. The lowest BCUT2D eigenvalue weighted by atomic mass is 10.1. The van der Waals surface area contributed by atoms with Crippen LogP contribution in [0.3, 0.4) is 0 Å². The fourth-order valence-electron chi connectivity index (χ4n) is 3.21. The van der Waals surface area contributed by atoms with E-state index in [1.165, 1.54) is 18.2 Å². The summed E-state index contributed by atoms with van der Waals surface area (Å²) in [5, 5.41) is 2.44. The van der Waals surface area contributed by atoms with E-state index in [1.54, 1.807) is 18.2 Å². The van der Waals surface area contributed by atoms with Crippen molar-refractivity contribution in [3.8, 4) is 0 Å². The number of rotatable bonds is 4. The second-order valence-corrected chi connectivity index (χ2v) is 8.36. The maximum Gasteiger partial charge on any atom is 0.246 e. The van der Waals surface area contributed by atoms with Crippen LogP contribution in [-0.4, -0.2) is 19.1 Å². The number of nitrogens with one attached hydrogen (secondary N) is 1. The molecular formula is C18H17F2NO3S. The number of hydrogen-bond donors (Lipinski definition) is 1. The molecule has 132 valence electrons. The van der Waals surface area contributed by atoms with E-state index in [0.717, 1.165) is 12.1 Å². The number of hydrogen-bond acceptors (Lipinski definition) is 3. The third-order valence-corrected chi connectivity index (χ3v) is 7.09. The molecule has 1 aliphatic rings. The first-order chi connectivity index (χ1) is 11.9. The zero-order valence-electron chi connectivity index (χ0n) is 13.3. The topological polar surface area (TPSA) is 63.2 Å². The summed E-state index contributed by atoms with van der Waals surface area (Å²) < 4.78 is 51.0. The molecule has 0 radical (unpaired) electrons. The van der Waals surface area contributed by atoms with Gasteiger partial charge in [-0.1, -0.05) is 31.0 Å². The van der Waals surface area contributed by atoms with Crippen LogP contribution in [-0.2, 0) is 14.6 Å². The van der Waals surface area contributed by atoms with E-state index in [4.69, 9.17) is 0 Å². The third kappa shape index (κ3) is 3.04. The molecule has 0 heterocycles. The van der Waals surface area contributed by atoms with E-state index in [-0.39, 0.29) is 23.4 Å². The second kappa shape index (κ2) is 6.55. The van der Waals surface area contributed by atoms with Gasteiger partial charge >= 0.3 is 0 Å². The highest BCUT2D eigenvalue weighted by Crippen LogP contribution is 2.41. The molecule has 0 saturated heterocycles. The van der Waals surface area contributed by atoms with Gasteiger partial charge in [-0.05, 0) is 37.1 Å².